The maximum Gasteiger partial charge on any atom is 0.143 e. The van der Waals surface area contributed by atoms with Gasteiger partial charge in [-0.05, 0) is 92.8 Å². The molecule has 0 radical (unpaired) electrons. The highest BCUT2D eigenvalue weighted by Crippen LogP contribution is 2.46. The summed E-state index contributed by atoms with van der Waals surface area (Å²) in [5, 5.41) is 9.67. The molecule has 0 amide bonds. The van der Waals surface area contributed by atoms with Gasteiger partial charge >= 0.3 is 0 Å². The maximum atomic E-state index is 6.55. The molecule has 2 heterocycles. The third kappa shape index (κ3) is 5.97. The van der Waals surface area contributed by atoms with Gasteiger partial charge in [0.15, 0.2) is 0 Å². The van der Waals surface area contributed by atoms with Crippen LogP contribution in [0.2, 0.25) is 0 Å². The van der Waals surface area contributed by atoms with E-state index in [2.05, 4.69) is 246 Å². The molecule has 0 atom stereocenters. The van der Waals surface area contributed by atoms with Crippen LogP contribution in [-0.2, 0) is 0 Å². The van der Waals surface area contributed by atoms with Crippen LogP contribution >= 0.6 is 0 Å². The number of para-hydroxylation sites is 6. The number of anilines is 3. The first-order chi connectivity index (χ1) is 32.3. The SMILES string of the molecule is c1ccc(-c2cccc3c2oc2ccccc23)c(-c2ccc(N(c3ccc4c(ccc5ccccc54)c3)c3ccccc3-c3ccccc3-n3c4ccccc4c4ccccc43)cc2)c1. The van der Waals surface area contributed by atoms with Gasteiger partial charge in [-0.3, -0.25) is 0 Å². The fraction of sp³-hybridized carbons (Fsp3) is 0. The van der Waals surface area contributed by atoms with E-state index in [0.29, 0.717) is 0 Å². The van der Waals surface area contributed by atoms with Crippen LogP contribution in [0.3, 0.4) is 0 Å². The molecule has 304 valence electrons. The normalized spacial score (nSPS) is 11.7. The molecule has 0 fully saturated rings. The van der Waals surface area contributed by atoms with Crippen molar-refractivity contribution >= 4 is 82.4 Å². The van der Waals surface area contributed by atoms with E-state index in [1.54, 1.807) is 0 Å². The Morgan fingerprint density at radius 1 is 0.323 bits per heavy atom. The zero-order valence-corrected chi connectivity index (χ0v) is 35.4. The van der Waals surface area contributed by atoms with Crippen LogP contribution in [-0.4, -0.2) is 4.57 Å². The molecular weight excluding hydrogens is 789 g/mol. The van der Waals surface area contributed by atoms with Crippen molar-refractivity contribution in [2.75, 3.05) is 4.90 Å². The lowest BCUT2D eigenvalue weighted by atomic mass is 9.93. The molecule has 13 aromatic rings. The van der Waals surface area contributed by atoms with Gasteiger partial charge in [0.2, 0.25) is 0 Å². The molecule has 65 heavy (non-hydrogen) atoms. The largest absolute Gasteiger partial charge is 0.455 e. The molecule has 0 saturated carbocycles. The van der Waals surface area contributed by atoms with Crippen molar-refractivity contribution in [1.82, 2.24) is 4.57 Å². The second kappa shape index (κ2) is 15.0. The monoisotopic (exact) mass is 828 g/mol. The summed E-state index contributed by atoms with van der Waals surface area (Å²) in [4.78, 5) is 2.43. The van der Waals surface area contributed by atoms with Gasteiger partial charge in [0, 0.05) is 49.6 Å². The van der Waals surface area contributed by atoms with E-state index < -0.39 is 0 Å². The Hall–Kier alpha value is -8.66. The number of hydrogen-bond donors (Lipinski definition) is 0. The maximum absolute atomic E-state index is 6.55. The van der Waals surface area contributed by atoms with Gasteiger partial charge in [-0.1, -0.05) is 188 Å². The Labute approximate surface area is 376 Å². The molecule has 0 aliphatic carbocycles. The van der Waals surface area contributed by atoms with E-state index in [9.17, 15) is 0 Å². The van der Waals surface area contributed by atoms with Gasteiger partial charge in [0.05, 0.1) is 22.4 Å². The number of furan rings is 1. The van der Waals surface area contributed by atoms with Gasteiger partial charge in [-0.25, -0.2) is 0 Å². The number of rotatable bonds is 7. The average molecular weight is 829 g/mol. The standard InChI is InChI=1S/C62H40N2O/c1-2-17-46-41(16-1)32-33-43-40-45(38-39-48(43)46)63(44-36-34-42(35-37-44)47-18-3-4-19-49(47)55-25-15-26-56-54-24-9-14-31-61(54)65-62(55)56)57-27-10-5-20-50(57)51-21-6-11-28-58(51)64-59-29-12-7-22-52(59)53-23-8-13-30-60(53)64/h1-40H. The molecule has 3 nitrogen and oxygen atoms in total. The lowest BCUT2D eigenvalue weighted by Crippen LogP contribution is -2.11. The van der Waals surface area contributed by atoms with Crippen LogP contribution in [0.15, 0.2) is 247 Å². The van der Waals surface area contributed by atoms with Crippen molar-refractivity contribution in [3.63, 3.8) is 0 Å². The smallest absolute Gasteiger partial charge is 0.143 e. The number of aromatic nitrogens is 1. The minimum absolute atomic E-state index is 0.900. The fourth-order valence-electron chi connectivity index (χ4n) is 10.3. The fourth-order valence-corrected chi connectivity index (χ4v) is 10.3. The summed E-state index contributed by atoms with van der Waals surface area (Å²) in [5.74, 6) is 0. The van der Waals surface area contributed by atoms with E-state index in [1.165, 1.54) is 43.4 Å². The van der Waals surface area contributed by atoms with Crippen molar-refractivity contribution in [1.29, 1.82) is 0 Å². The molecule has 0 bridgehead atoms. The molecule has 0 aliphatic rings. The molecule has 2 aromatic heterocycles. The lowest BCUT2D eigenvalue weighted by molar-refractivity contribution is 0.670. The summed E-state index contributed by atoms with van der Waals surface area (Å²) in [7, 11) is 0. The molecule has 0 saturated heterocycles. The first-order valence-electron chi connectivity index (χ1n) is 22.3. The molecule has 0 N–H and O–H groups in total. The molecule has 13 rings (SSSR count). The van der Waals surface area contributed by atoms with Crippen LogP contribution in [0.1, 0.15) is 0 Å². The van der Waals surface area contributed by atoms with Gasteiger partial charge in [-0.2, -0.15) is 0 Å². The van der Waals surface area contributed by atoms with Crippen molar-refractivity contribution in [2.24, 2.45) is 0 Å². The van der Waals surface area contributed by atoms with Crippen LogP contribution in [0.5, 0.6) is 0 Å². The van der Waals surface area contributed by atoms with Crippen LogP contribution in [0.4, 0.5) is 17.1 Å². The van der Waals surface area contributed by atoms with Crippen LogP contribution in [0, 0.1) is 0 Å². The minimum Gasteiger partial charge on any atom is -0.455 e. The summed E-state index contributed by atoms with van der Waals surface area (Å²) in [5.41, 5.74) is 15.3. The Morgan fingerprint density at radius 3 is 1.68 bits per heavy atom. The van der Waals surface area contributed by atoms with Crippen molar-refractivity contribution < 1.29 is 4.42 Å². The number of hydrogen-bond acceptors (Lipinski definition) is 2. The lowest BCUT2D eigenvalue weighted by Gasteiger charge is -2.29. The van der Waals surface area contributed by atoms with Crippen molar-refractivity contribution in [2.45, 2.75) is 0 Å². The number of nitrogens with zero attached hydrogens (tertiary/aromatic N) is 2. The van der Waals surface area contributed by atoms with Gasteiger partial charge in [-0.15, -0.1) is 0 Å². The Bertz CT molecular complexity index is 3910. The zero-order chi connectivity index (χ0) is 42.8. The highest BCUT2D eigenvalue weighted by Gasteiger charge is 2.22. The Kier molecular flexibility index (Phi) is 8.53. The number of fused-ring (bicyclic) bond motifs is 9. The van der Waals surface area contributed by atoms with E-state index >= 15 is 0 Å². The van der Waals surface area contributed by atoms with Gasteiger partial charge in [0.25, 0.3) is 0 Å². The summed E-state index contributed by atoms with van der Waals surface area (Å²) < 4.78 is 8.98. The molecule has 0 spiro atoms. The second-order valence-corrected chi connectivity index (χ2v) is 16.8. The molecule has 3 heteroatoms. The van der Waals surface area contributed by atoms with Gasteiger partial charge in [0.1, 0.15) is 11.2 Å². The van der Waals surface area contributed by atoms with Crippen LogP contribution in [0.25, 0.3) is 104 Å². The molecule has 0 unspecified atom stereocenters. The molecular formula is C62H40N2O. The molecule has 0 aliphatic heterocycles. The first kappa shape index (κ1) is 36.9. The van der Waals surface area contributed by atoms with E-state index in [1.807, 2.05) is 6.07 Å². The van der Waals surface area contributed by atoms with Gasteiger partial charge < -0.3 is 13.9 Å². The second-order valence-electron chi connectivity index (χ2n) is 16.8. The zero-order valence-electron chi connectivity index (χ0n) is 35.4. The highest BCUT2D eigenvalue weighted by atomic mass is 16.3. The summed E-state index contributed by atoms with van der Waals surface area (Å²) in [6.45, 7) is 0. The summed E-state index contributed by atoms with van der Waals surface area (Å²) in [6, 6.07) is 87.8. The Morgan fingerprint density at radius 2 is 0.877 bits per heavy atom. The van der Waals surface area contributed by atoms with Crippen molar-refractivity contribution in [3.05, 3.63) is 243 Å². The summed E-state index contributed by atoms with van der Waals surface area (Å²) in [6.07, 6.45) is 0. The van der Waals surface area contributed by atoms with E-state index in [4.69, 9.17) is 4.42 Å². The first-order valence-corrected chi connectivity index (χ1v) is 22.3. The Balaban J connectivity index is 0.993. The molecule has 11 aromatic carbocycles. The predicted molar refractivity (Wildman–Crippen MR) is 274 cm³/mol. The third-order valence-electron chi connectivity index (χ3n) is 13.2. The average Bonchev–Trinajstić information content (AvgIpc) is 3.93. The van der Waals surface area contributed by atoms with Crippen molar-refractivity contribution in [3.8, 4) is 39.1 Å². The quantitative estimate of drug-likeness (QED) is 0.149. The third-order valence-corrected chi connectivity index (χ3v) is 13.2. The summed E-state index contributed by atoms with van der Waals surface area (Å²) >= 11 is 0. The topological polar surface area (TPSA) is 21.3 Å². The van der Waals surface area contributed by atoms with Crippen LogP contribution < -0.4 is 4.90 Å². The minimum atomic E-state index is 0.900. The number of benzene rings is 11. The highest BCUT2D eigenvalue weighted by molar-refractivity contribution is 6.12. The van der Waals surface area contributed by atoms with E-state index in [-0.39, 0.29) is 0 Å². The predicted octanol–water partition coefficient (Wildman–Crippen LogP) is 17.5. The van der Waals surface area contributed by atoms with E-state index in [0.717, 1.165) is 78.1 Å².